The molecule has 2 rings (SSSR count). The van der Waals surface area contributed by atoms with Crippen LogP contribution in [0.5, 0.6) is 0 Å². The molecule has 0 saturated heterocycles. The molecular weight excluding hydrogens is 184 g/mol. The molecule has 0 radical (unpaired) electrons. The van der Waals surface area contributed by atoms with E-state index in [0.717, 1.165) is 11.5 Å². The summed E-state index contributed by atoms with van der Waals surface area (Å²) < 4.78 is 0. The van der Waals surface area contributed by atoms with Crippen molar-refractivity contribution in [3.8, 4) is 11.3 Å². The Morgan fingerprint density at radius 1 is 1.13 bits per heavy atom. The van der Waals surface area contributed by atoms with E-state index in [-0.39, 0.29) is 0 Å². The molecule has 0 saturated carbocycles. The van der Waals surface area contributed by atoms with Gasteiger partial charge in [0, 0.05) is 5.92 Å². The predicted octanol–water partition coefficient (Wildman–Crippen LogP) is 3.51. The van der Waals surface area contributed by atoms with Crippen LogP contribution in [0.4, 0.5) is 0 Å². The molecule has 1 heterocycles. The van der Waals surface area contributed by atoms with Crippen LogP contribution in [0, 0.1) is 6.92 Å². The van der Waals surface area contributed by atoms with Crippen LogP contribution < -0.4 is 0 Å². The average molecular weight is 200 g/mol. The molecule has 0 spiro atoms. The maximum atomic E-state index is 4.36. The van der Waals surface area contributed by atoms with Crippen molar-refractivity contribution in [2.45, 2.75) is 26.7 Å². The first-order chi connectivity index (χ1) is 7.16. The lowest BCUT2D eigenvalue weighted by Gasteiger charge is -2.00. The first kappa shape index (κ1) is 9.97. The quantitative estimate of drug-likeness (QED) is 0.789. The Bertz CT molecular complexity index is 438. The summed E-state index contributed by atoms with van der Waals surface area (Å²) in [5.41, 5.74) is 3.57. The summed E-state index contributed by atoms with van der Waals surface area (Å²) in [6.45, 7) is 6.37. The van der Waals surface area contributed by atoms with E-state index in [1.54, 1.807) is 0 Å². The van der Waals surface area contributed by atoms with Gasteiger partial charge < -0.3 is 4.98 Å². The molecule has 1 aromatic carbocycles. The van der Waals surface area contributed by atoms with Gasteiger partial charge in [0.1, 0.15) is 5.82 Å². The van der Waals surface area contributed by atoms with Gasteiger partial charge in [-0.2, -0.15) is 0 Å². The lowest BCUT2D eigenvalue weighted by atomic mass is 10.1. The molecule has 0 atom stereocenters. The minimum atomic E-state index is 0.448. The number of hydrogen-bond acceptors (Lipinski definition) is 1. The minimum absolute atomic E-state index is 0.448. The van der Waals surface area contributed by atoms with Crippen LogP contribution in [0.1, 0.15) is 31.2 Å². The summed E-state index contributed by atoms with van der Waals surface area (Å²) in [6, 6.07) is 8.47. The van der Waals surface area contributed by atoms with Gasteiger partial charge in [-0.25, -0.2) is 4.98 Å². The van der Waals surface area contributed by atoms with Gasteiger partial charge in [-0.1, -0.05) is 43.7 Å². The second-order valence-electron chi connectivity index (χ2n) is 4.20. The summed E-state index contributed by atoms with van der Waals surface area (Å²) in [4.78, 5) is 7.70. The molecule has 0 amide bonds. The summed E-state index contributed by atoms with van der Waals surface area (Å²) in [5, 5.41) is 0. The highest BCUT2D eigenvalue weighted by Gasteiger charge is 2.05. The number of nitrogens with zero attached hydrogens (tertiary/aromatic N) is 1. The lowest BCUT2D eigenvalue weighted by molar-refractivity contribution is 0.795. The number of aromatic amines is 1. The second-order valence-corrected chi connectivity index (χ2v) is 4.20. The maximum absolute atomic E-state index is 4.36. The summed E-state index contributed by atoms with van der Waals surface area (Å²) in [5.74, 6) is 1.50. The van der Waals surface area contributed by atoms with E-state index in [1.165, 1.54) is 11.1 Å². The van der Waals surface area contributed by atoms with Gasteiger partial charge in [0.25, 0.3) is 0 Å². The van der Waals surface area contributed by atoms with E-state index >= 15 is 0 Å². The Morgan fingerprint density at radius 3 is 2.33 bits per heavy atom. The van der Waals surface area contributed by atoms with E-state index < -0.39 is 0 Å². The molecule has 0 aliphatic heterocycles. The number of nitrogens with one attached hydrogen (secondary N) is 1. The van der Waals surface area contributed by atoms with Crippen molar-refractivity contribution in [2.24, 2.45) is 0 Å². The van der Waals surface area contributed by atoms with Crippen molar-refractivity contribution >= 4 is 0 Å². The lowest BCUT2D eigenvalue weighted by Crippen LogP contribution is -1.89. The second kappa shape index (κ2) is 3.89. The number of benzene rings is 1. The van der Waals surface area contributed by atoms with E-state index in [2.05, 4.69) is 55.0 Å². The first-order valence-electron chi connectivity index (χ1n) is 5.29. The van der Waals surface area contributed by atoms with Gasteiger partial charge in [-0.15, -0.1) is 0 Å². The van der Waals surface area contributed by atoms with Crippen molar-refractivity contribution in [2.75, 3.05) is 0 Å². The third-order valence-corrected chi connectivity index (χ3v) is 2.50. The predicted molar refractivity (Wildman–Crippen MR) is 62.8 cm³/mol. The van der Waals surface area contributed by atoms with Crippen LogP contribution in [0.2, 0.25) is 0 Å². The third-order valence-electron chi connectivity index (χ3n) is 2.50. The van der Waals surface area contributed by atoms with Gasteiger partial charge in [0.05, 0.1) is 11.9 Å². The van der Waals surface area contributed by atoms with Gasteiger partial charge in [-0.05, 0) is 12.5 Å². The average Bonchev–Trinajstić information content (AvgIpc) is 2.68. The standard InChI is InChI=1S/C13H16N2/c1-9(2)13-14-8-12(15-13)11-6-4-10(3)5-7-11/h4-9H,1-3H3,(H,14,15). The fourth-order valence-corrected chi connectivity index (χ4v) is 1.51. The monoisotopic (exact) mass is 200 g/mol. The number of hydrogen-bond donors (Lipinski definition) is 1. The molecule has 2 heteroatoms. The van der Waals surface area contributed by atoms with Gasteiger partial charge in [0.15, 0.2) is 0 Å². The molecule has 2 aromatic rings. The normalized spacial score (nSPS) is 10.9. The molecule has 0 bridgehead atoms. The zero-order valence-corrected chi connectivity index (χ0v) is 9.41. The van der Waals surface area contributed by atoms with Crippen LogP contribution >= 0.6 is 0 Å². The summed E-state index contributed by atoms with van der Waals surface area (Å²) in [6.07, 6.45) is 1.90. The van der Waals surface area contributed by atoms with Crippen molar-refractivity contribution in [1.82, 2.24) is 9.97 Å². The minimum Gasteiger partial charge on any atom is -0.342 e. The van der Waals surface area contributed by atoms with Crippen LogP contribution in [-0.4, -0.2) is 9.97 Å². The molecule has 15 heavy (non-hydrogen) atoms. The van der Waals surface area contributed by atoms with Crippen molar-refractivity contribution < 1.29 is 0 Å². The highest BCUT2D eigenvalue weighted by Crippen LogP contribution is 2.19. The maximum Gasteiger partial charge on any atom is 0.109 e. The van der Waals surface area contributed by atoms with Crippen LogP contribution in [-0.2, 0) is 0 Å². The van der Waals surface area contributed by atoms with Crippen LogP contribution in [0.3, 0.4) is 0 Å². The van der Waals surface area contributed by atoms with E-state index in [0.29, 0.717) is 5.92 Å². The Hall–Kier alpha value is -1.57. The zero-order valence-electron chi connectivity index (χ0n) is 9.41. The summed E-state index contributed by atoms with van der Waals surface area (Å²) >= 11 is 0. The largest absolute Gasteiger partial charge is 0.342 e. The molecule has 0 unspecified atom stereocenters. The number of aromatic nitrogens is 2. The number of aryl methyl sites for hydroxylation is 1. The van der Waals surface area contributed by atoms with E-state index in [9.17, 15) is 0 Å². The van der Waals surface area contributed by atoms with Crippen molar-refractivity contribution in [3.05, 3.63) is 41.9 Å². The molecular formula is C13H16N2. The van der Waals surface area contributed by atoms with E-state index in [1.807, 2.05) is 6.20 Å². The van der Waals surface area contributed by atoms with Gasteiger partial charge in [0.2, 0.25) is 0 Å². The SMILES string of the molecule is Cc1ccc(-c2cnc(C(C)C)[nH]2)cc1. The van der Waals surface area contributed by atoms with Crippen LogP contribution in [0.25, 0.3) is 11.3 Å². The highest BCUT2D eigenvalue weighted by molar-refractivity contribution is 5.58. The van der Waals surface area contributed by atoms with Gasteiger partial charge >= 0.3 is 0 Å². The Balaban J connectivity index is 2.33. The van der Waals surface area contributed by atoms with Crippen molar-refractivity contribution in [1.29, 1.82) is 0 Å². The molecule has 0 aliphatic rings. The zero-order chi connectivity index (χ0) is 10.8. The number of rotatable bonds is 2. The number of imidazole rings is 1. The van der Waals surface area contributed by atoms with Crippen LogP contribution in [0.15, 0.2) is 30.5 Å². The Kier molecular flexibility index (Phi) is 2.58. The topological polar surface area (TPSA) is 28.7 Å². The number of H-pyrrole nitrogens is 1. The smallest absolute Gasteiger partial charge is 0.109 e. The molecule has 0 fully saturated rings. The molecule has 2 nitrogen and oxygen atoms in total. The molecule has 78 valence electrons. The molecule has 1 aromatic heterocycles. The molecule has 0 aliphatic carbocycles. The summed E-state index contributed by atoms with van der Waals surface area (Å²) in [7, 11) is 0. The Labute approximate surface area is 90.4 Å². The van der Waals surface area contributed by atoms with E-state index in [4.69, 9.17) is 0 Å². The molecule has 1 N–H and O–H groups in total. The highest BCUT2D eigenvalue weighted by atomic mass is 14.9. The third kappa shape index (κ3) is 2.09. The fourth-order valence-electron chi connectivity index (χ4n) is 1.51. The Morgan fingerprint density at radius 2 is 1.80 bits per heavy atom. The first-order valence-corrected chi connectivity index (χ1v) is 5.29. The fraction of sp³-hybridized carbons (Fsp3) is 0.308. The van der Waals surface area contributed by atoms with Gasteiger partial charge in [-0.3, -0.25) is 0 Å². The van der Waals surface area contributed by atoms with Crippen molar-refractivity contribution in [3.63, 3.8) is 0 Å².